The second kappa shape index (κ2) is 18.3. The van der Waals surface area contributed by atoms with E-state index in [-0.39, 0.29) is 6.54 Å². The van der Waals surface area contributed by atoms with E-state index in [9.17, 15) is 19.8 Å². The number of hydrogen-bond donors (Lipinski definition) is 2. The molecule has 0 aliphatic rings. The summed E-state index contributed by atoms with van der Waals surface area (Å²) in [5, 5.41) is 29.4. The van der Waals surface area contributed by atoms with Gasteiger partial charge < -0.3 is 39.4 Å². The highest BCUT2D eigenvalue weighted by molar-refractivity contribution is 5.70. The number of anilines is 2. The quantitative estimate of drug-likeness (QED) is 0.283. The van der Waals surface area contributed by atoms with Crippen LogP contribution in [0.4, 0.5) is 11.6 Å². The monoisotopic (exact) mass is 651 g/mol. The Hall–Kier alpha value is -4.06. The molecule has 0 saturated heterocycles. The molecule has 0 unspecified atom stereocenters. The number of carbonyl (C=O) groups excluding carboxylic acids is 2. The third kappa shape index (κ3) is 17.4. The van der Waals surface area contributed by atoms with Crippen molar-refractivity contribution < 1.29 is 28.8 Å². The highest BCUT2D eigenvalue weighted by atomic mass is 16.4. The maximum atomic E-state index is 11.3. The minimum absolute atomic E-state index is 0.130. The number of carboxylic acids is 2. The van der Waals surface area contributed by atoms with Gasteiger partial charge >= 0.3 is 0 Å². The zero-order valence-corrected chi connectivity index (χ0v) is 30.9. The van der Waals surface area contributed by atoms with Crippen LogP contribution in [0.25, 0.3) is 0 Å². The number of aliphatic carboxylic acids is 2. The van der Waals surface area contributed by atoms with Crippen molar-refractivity contribution in [2.45, 2.75) is 54.3 Å². The third-order valence-electron chi connectivity index (χ3n) is 6.47. The zero-order chi connectivity index (χ0) is 36.1. The number of aryl methyl sites for hydroxylation is 2. The van der Waals surface area contributed by atoms with Crippen LogP contribution in [0.1, 0.15) is 44.8 Å². The Morgan fingerprint density at radius 2 is 0.936 bits per heavy atom. The third-order valence-corrected chi connectivity index (χ3v) is 6.47. The Morgan fingerprint density at radius 3 is 1.23 bits per heavy atom. The minimum Gasteiger partial charge on any atom is -0.549 e. The van der Waals surface area contributed by atoms with Crippen molar-refractivity contribution in [2.75, 3.05) is 80.1 Å². The molecule has 3 rings (SSSR count). The lowest BCUT2D eigenvalue weighted by Crippen LogP contribution is -2.44. The molecule has 0 fully saturated rings. The summed E-state index contributed by atoms with van der Waals surface area (Å²) in [4.78, 5) is 33.0. The molecule has 2 heterocycles. The predicted molar refractivity (Wildman–Crippen MR) is 186 cm³/mol. The minimum atomic E-state index is -1.34. The molecule has 3 aromatic rings. The number of carboxylic acid groups (broad SMARTS) is 2. The fraction of sp³-hybridized carbons (Fsp3) is 0.500. The number of quaternary nitrogens is 2. The molecular formula is C36H57N7O4. The molecule has 260 valence electrons. The molecule has 0 amide bonds. The highest BCUT2D eigenvalue weighted by Crippen LogP contribution is 2.30. The predicted octanol–water partition coefficient (Wildman–Crippen LogP) is 2.19. The van der Waals surface area contributed by atoms with Gasteiger partial charge in [-0.1, -0.05) is 12.1 Å². The van der Waals surface area contributed by atoms with E-state index in [4.69, 9.17) is 0 Å². The number of nitrogens with zero attached hydrogens (tertiary/aromatic N) is 5. The van der Waals surface area contributed by atoms with E-state index in [1.54, 1.807) is 0 Å². The molecular weight excluding hydrogens is 594 g/mol. The second-order valence-electron chi connectivity index (χ2n) is 14.6. The van der Waals surface area contributed by atoms with Crippen molar-refractivity contribution in [1.29, 1.82) is 0 Å². The van der Waals surface area contributed by atoms with Crippen LogP contribution in [0, 0.1) is 34.6 Å². The van der Waals surface area contributed by atoms with Crippen LogP contribution in [0.2, 0.25) is 0 Å². The molecule has 2 aromatic heterocycles. The van der Waals surface area contributed by atoms with Gasteiger partial charge in [-0.15, -0.1) is 0 Å². The van der Waals surface area contributed by atoms with E-state index in [0.717, 1.165) is 65.4 Å². The Balaban J connectivity index is 0.000000961. The first-order valence-electron chi connectivity index (χ1n) is 15.7. The van der Waals surface area contributed by atoms with E-state index >= 15 is 0 Å². The van der Waals surface area contributed by atoms with Crippen molar-refractivity contribution in [1.82, 2.24) is 14.9 Å². The Labute approximate surface area is 282 Å². The smallest absolute Gasteiger partial charge is 0.126 e. The van der Waals surface area contributed by atoms with Gasteiger partial charge in [-0.05, 0) is 92.3 Å². The van der Waals surface area contributed by atoms with Gasteiger partial charge in [0.15, 0.2) is 0 Å². The summed E-state index contributed by atoms with van der Waals surface area (Å²) in [6.07, 6.45) is 0. The summed E-state index contributed by atoms with van der Waals surface area (Å²) in [5.74, 6) is -1.19. The summed E-state index contributed by atoms with van der Waals surface area (Å²) < 4.78 is 2.00. The number of rotatable bonds is 12. The lowest BCUT2D eigenvalue weighted by Gasteiger charge is -2.28. The Bertz CT molecular complexity index is 1360. The molecule has 0 radical (unpaired) electrons. The first-order chi connectivity index (χ1) is 21.5. The number of hydrogen-bond acceptors (Lipinski definition) is 9. The second-order valence-corrected chi connectivity index (χ2v) is 14.6. The molecule has 0 aliphatic carbocycles. The van der Waals surface area contributed by atoms with E-state index in [0.29, 0.717) is 13.1 Å². The first-order valence-corrected chi connectivity index (χ1v) is 15.7. The fourth-order valence-corrected chi connectivity index (χ4v) is 4.56. The summed E-state index contributed by atoms with van der Waals surface area (Å²) in [5.41, 5.74) is 7.78. The van der Waals surface area contributed by atoms with Crippen molar-refractivity contribution in [3.8, 4) is 0 Å². The molecule has 47 heavy (non-hydrogen) atoms. The molecule has 1 aromatic carbocycles. The summed E-state index contributed by atoms with van der Waals surface area (Å²) in [6.45, 7) is 9.98. The highest BCUT2D eigenvalue weighted by Gasteiger charge is 2.20. The number of aromatic nitrogens is 2. The van der Waals surface area contributed by atoms with Crippen molar-refractivity contribution in [3.63, 3.8) is 0 Å². The van der Waals surface area contributed by atoms with Crippen molar-refractivity contribution >= 4 is 23.6 Å². The number of nitrogens with one attached hydrogen (secondary N) is 2. The lowest BCUT2D eigenvalue weighted by molar-refractivity contribution is -0.849. The molecule has 0 aliphatic heterocycles. The lowest BCUT2D eigenvalue weighted by atomic mass is 9.87. The molecule has 0 bridgehead atoms. The van der Waals surface area contributed by atoms with E-state index < -0.39 is 25.0 Å². The Morgan fingerprint density at radius 1 is 0.617 bits per heavy atom. The van der Waals surface area contributed by atoms with Gasteiger partial charge in [-0.2, -0.15) is 0 Å². The van der Waals surface area contributed by atoms with Crippen LogP contribution in [0.3, 0.4) is 0 Å². The SMILES string of the molecule is C[N+](C)(C)C.C[N+](C)(C)C.Cc1cccc(NCc2c(C)c(CNc3cccc(C)n3)c(C)c(CN(CC(=O)[O-])CC(=O)[O-])c2C)n1. The van der Waals surface area contributed by atoms with Crippen molar-refractivity contribution in [3.05, 3.63) is 81.2 Å². The largest absolute Gasteiger partial charge is 0.549 e. The molecule has 11 heteroatoms. The van der Waals surface area contributed by atoms with Crippen LogP contribution < -0.4 is 20.8 Å². The van der Waals surface area contributed by atoms with Gasteiger partial charge in [-0.25, -0.2) is 9.97 Å². The average Bonchev–Trinajstić information content (AvgIpc) is 2.88. The maximum Gasteiger partial charge on any atom is 0.126 e. The van der Waals surface area contributed by atoms with E-state index in [1.165, 1.54) is 4.90 Å². The van der Waals surface area contributed by atoms with Gasteiger partial charge in [-0.3, -0.25) is 4.90 Å². The normalized spacial score (nSPS) is 11.2. The standard InChI is InChI=1S/C28H35N5O4.2C4H12N/c1-17-8-6-10-25(31-17)29-12-22-19(3)23(13-30-26-11-7-9-18(2)32-26)21(5)24(20(22)4)14-33(15-27(34)35)16-28(36)37;2*1-5(2,3)4/h6-11H,12-16H2,1-5H3,(H,29,31)(H,30,32)(H,34,35)(H,36,37);2*1-4H3/q;2*+1/p-2. The van der Waals surface area contributed by atoms with Gasteiger partial charge in [0.25, 0.3) is 0 Å². The molecule has 2 N–H and O–H groups in total. The Kier molecular flexibility index (Phi) is 16.0. The van der Waals surface area contributed by atoms with Crippen LogP contribution in [-0.4, -0.2) is 105 Å². The number of carbonyl (C=O) groups is 2. The molecule has 0 saturated carbocycles. The summed E-state index contributed by atoms with van der Waals surface area (Å²) in [7, 11) is 17.0. The molecule has 11 nitrogen and oxygen atoms in total. The topological polar surface area (TPSA) is 133 Å². The zero-order valence-electron chi connectivity index (χ0n) is 30.9. The summed E-state index contributed by atoms with van der Waals surface area (Å²) in [6, 6.07) is 11.5. The molecule has 0 spiro atoms. The van der Waals surface area contributed by atoms with Gasteiger partial charge in [0, 0.05) is 44.1 Å². The summed E-state index contributed by atoms with van der Waals surface area (Å²) >= 11 is 0. The van der Waals surface area contributed by atoms with E-state index in [2.05, 4.69) is 83.9 Å². The van der Waals surface area contributed by atoms with Crippen molar-refractivity contribution in [2.24, 2.45) is 0 Å². The maximum absolute atomic E-state index is 11.3. The molecule has 0 atom stereocenters. The fourth-order valence-electron chi connectivity index (χ4n) is 4.56. The number of pyridine rings is 2. The van der Waals surface area contributed by atoms with E-state index in [1.807, 2.05) is 64.1 Å². The van der Waals surface area contributed by atoms with Crippen LogP contribution in [-0.2, 0) is 29.2 Å². The van der Waals surface area contributed by atoms with Gasteiger partial charge in [0.05, 0.1) is 68.3 Å². The first kappa shape index (κ1) is 41.0. The average molecular weight is 652 g/mol. The van der Waals surface area contributed by atoms with Gasteiger partial charge in [0.2, 0.25) is 0 Å². The van der Waals surface area contributed by atoms with Crippen LogP contribution >= 0.6 is 0 Å². The van der Waals surface area contributed by atoms with Gasteiger partial charge in [0.1, 0.15) is 11.6 Å². The van der Waals surface area contributed by atoms with Crippen LogP contribution in [0.5, 0.6) is 0 Å². The van der Waals surface area contributed by atoms with Crippen LogP contribution in [0.15, 0.2) is 36.4 Å². The number of benzene rings is 1.